The van der Waals surface area contributed by atoms with E-state index in [1.54, 1.807) is 36.4 Å². The van der Waals surface area contributed by atoms with Crippen molar-refractivity contribution in [3.8, 4) is 5.75 Å². The van der Waals surface area contributed by atoms with Crippen molar-refractivity contribution in [3.05, 3.63) is 54.1 Å². The van der Waals surface area contributed by atoms with Gasteiger partial charge in [0.1, 0.15) is 5.75 Å². The number of carbonyl (C=O) groups is 1. The summed E-state index contributed by atoms with van der Waals surface area (Å²) in [6, 6.07) is 12.5. The molecule has 0 saturated carbocycles. The van der Waals surface area contributed by atoms with E-state index in [1.807, 2.05) is 13.8 Å². The predicted molar refractivity (Wildman–Crippen MR) is 97.2 cm³/mol. The van der Waals surface area contributed by atoms with Crippen LogP contribution in [0.4, 0.5) is 5.69 Å². The van der Waals surface area contributed by atoms with Crippen molar-refractivity contribution in [1.82, 2.24) is 4.72 Å². The van der Waals surface area contributed by atoms with E-state index < -0.39 is 22.0 Å². The average molecular weight is 362 g/mol. The number of sulfonamides is 1. The first-order valence-corrected chi connectivity index (χ1v) is 9.43. The Hall–Kier alpha value is -2.38. The summed E-state index contributed by atoms with van der Waals surface area (Å²) in [6.45, 7) is 5.67. The summed E-state index contributed by atoms with van der Waals surface area (Å²) in [5.74, 6) is 0.0646. The molecule has 134 valence electrons. The van der Waals surface area contributed by atoms with Crippen LogP contribution in [0.3, 0.4) is 0 Å². The number of carbonyl (C=O) groups excluding carboxylic acids is 1. The smallest absolute Gasteiger partial charge is 0.242 e. The van der Waals surface area contributed by atoms with E-state index in [1.165, 1.54) is 19.1 Å². The monoisotopic (exact) mass is 362 g/mol. The molecule has 1 atom stereocenters. The fraction of sp³-hybridized carbons (Fsp3) is 0.278. The molecule has 25 heavy (non-hydrogen) atoms. The third-order valence-corrected chi connectivity index (χ3v) is 5.06. The van der Waals surface area contributed by atoms with Gasteiger partial charge in [0.05, 0.1) is 23.2 Å². The molecule has 0 heterocycles. The molecule has 0 aliphatic heterocycles. The molecule has 2 N–H and O–H groups in total. The second kappa shape index (κ2) is 8.13. The lowest BCUT2D eigenvalue weighted by atomic mass is 10.2. The Morgan fingerprint density at radius 2 is 1.76 bits per heavy atom. The van der Waals surface area contributed by atoms with Crippen molar-refractivity contribution in [2.45, 2.75) is 31.7 Å². The molecule has 0 bridgehead atoms. The van der Waals surface area contributed by atoms with Crippen molar-refractivity contribution < 1.29 is 17.9 Å². The zero-order valence-electron chi connectivity index (χ0n) is 14.4. The minimum atomic E-state index is -3.78. The zero-order chi connectivity index (χ0) is 18.4. The maximum atomic E-state index is 12.4. The number of rotatable bonds is 7. The summed E-state index contributed by atoms with van der Waals surface area (Å²) >= 11 is 0. The largest absolute Gasteiger partial charge is 0.492 e. The maximum absolute atomic E-state index is 12.4. The lowest BCUT2D eigenvalue weighted by molar-refractivity contribution is -0.117. The van der Waals surface area contributed by atoms with E-state index in [0.717, 1.165) is 5.56 Å². The van der Waals surface area contributed by atoms with Crippen molar-refractivity contribution in [1.29, 1.82) is 0 Å². The first kappa shape index (κ1) is 19.0. The Bertz CT molecular complexity index is 832. The van der Waals surface area contributed by atoms with E-state index in [-0.39, 0.29) is 4.90 Å². The Kier molecular flexibility index (Phi) is 6.17. The van der Waals surface area contributed by atoms with Crippen LogP contribution in [0.5, 0.6) is 5.75 Å². The normalized spacial score (nSPS) is 12.4. The highest BCUT2D eigenvalue weighted by Crippen LogP contribution is 2.23. The van der Waals surface area contributed by atoms with Crippen LogP contribution in [0, 0.1) is 6.92 Å². The quantitative estimate of drug-likeness (QED) is 0.793. The second-order valence-corrected chi connectivity index (χ2v) is 7.29. The Balaban J connectivity index is 2.09. The third-order valence-electron chi connectivity index (χ3n) is 3.50. The topological polar surface area (TPSA) is 84.5 Å². The van der Waals surface area contributed by atoms with Crippen molar-refractivity contribution >= 4 is 21.6 Å². The molecule has 0 radical (unpaired) electrons. The predicted octanol–water partition coefficient (Wildman–Crippen LogP) is 2.70. The van der Waals surface area contributed by atoms with Crippen LogP contribution < -0.4 is 14.8 Å². The summed E-state index contributed by atoms with van der Waals surface area (Å²) in [6.07, 6.45) is 0. The number of benzene rings is 2. The van der Waals surface area contributed by atoms with Gasteiger partial charge in [-0.15, -0.1) is 0 Å². The lowest BCUT2D eigenvalue weighted by Crippen LogP contribution is -2.41. The molecule has 6 nitrogen and oxygen atoms in total. The first-order chi connectivity index (χ1) is 11.8. The summed E-state index contributed by atoms with van der Waals surface area (Å²) in [4.78, 5) is 12.5. The SMILES string of the molecule is CCOc1ccccc1NC(=O)[C@H](C)NS(=O)(=O)c1ccc(C)cc1. The van der Waals surface area contributed by atoms with Crippen LogP contribution in [0.25, 0.3) is 0 Å². The van der Waals surface area contributed by atoms with Crippen molar-refractivity contribution in [2.75, 3.05) is 11.9 Å². The van der Waals surface area contributed by atoms with E-state index in [0.29, 0.717) is 18.0 Å². The number of aryl methyl sites for hydroxylation is 1. The van der Waals surface area contributed by atoms with Crippen LogP contribution in [-0.4, -0.2) is 27.0 Å². The van der Waals surface area contributed by atoms with Gasteiger partial charge in [-0.2, -0.15) is 4.72 Å². The van der Waals surface area contributed by atoms with Gasteiger partial charge in [-0.05, 0) is 45.0 Å². The van der Waals surface area contributed by atoms with Gasteiger partial charge in [0, 0.05) is 0 Å². The molecule has 0 fully saturated rings. The van der Waals surface area contributed by atoms with Crippen LogP contribution in [-0.2, 0) is 14.8 Å². The molecule has 1 amide bonds. The van der Waals surface area contributed by atoms with E-state index in [4.69, 9.17) is 4.74 Å². The summed E-state index contributed by atoms with van der Waals surface area (Å²) in [5.41, 5.74) is 1.45. The number of nitrogens with one attached hydrogen (secondary N) is 2. The molecule has 0 aliphatic rings. The molecule has 0 spiro atoms. The number of ether oxygens (including phenoxy) is 1. The number of para-hydroxylation sites is 2. The van der Waals surface area contributed by atoms with Gasteiger partial charge in [0.25, 0.3) is 0 Å². The van der Waals surface area contributed by atoms with Crippen molar-refractivity contribution in [2.24, 2.45) is 0 Å². The highest BCUT2D eigenvalue weighted by Gasteiger charge is 2.22. The second-order valence-electron chi connectivity index (χ2n) is 5.57. The molecule has 0 unspecified atom stereocenters. The highest BCUT2D eigenvalue weighted by atomic mass is 32.2. The van der Waals surface area contributed by atoms with E-state index >= 15 is 0 Å². The first-order valence-electron chi connectivity index (χ1n) is 7.95. The van der Waals surface area contributed by atoms with Crippen LogP contribution >= 0.6 is 0 Å². The number of amides is 1. The van der Waals surface area contributed by atoms with Gasteiger partial charge in [-0.25, -0.2) is 8.42 Å². The molecule has 0 aliphatic carbocycles. The Morgan fingerprint density at radius 1 is 1.12 bits per heavy atom. The van der Waals surface area contributed by atoms with E-state index in [2.05, 4.69) is 10.0 Å². The van der Waals surface area contributed by atoms with Crippen LogP contribution in [0.1, 0.15) is 19.4 Å². The molecule has 2 aromatic carbocycles. The molecular weight excluding hydrogens is 340 g/mol. The molecule has 7 heteroatoms. The summed E-state index contributed by atoms with van der Waals surface area (Å²) < 4.78 is 32.6. The van der Waals surface area contributed by atoms with Gasteiger partial charge < -0.3 is 10.1 Å². The van der Waals surface area contributed by atoms with E-state index in [9.17, 15) is 13.2 Å². The molecule has 2 aromatic rings. The molecule has 0 aromatic heterocycles. The molecular formula is C18H22N2O4S. The van der Waals surface area contributed by atoms with Crippen molar-refractivity contribution in [3.63, 3.8) is 0 Å². The number of hydrogen-bond donors (Lipinski definition) is 2. The molecule has 0 saturated heterocycles. The van der Waals surface area contributed by atoms with Gasteiger partial charge in [-0.1, -0.05) is 29.8 Å². The zero-order valence-corrected chi connectivity index (χ0v) is 15.3. The summed E-state index contributed by atoms with van der Waals surface area (Å²) in [7, 11) is -3.78. The van der Waals surface area contributed by atoms with Gasteiger partial charge in [0.2, 0.25) is 15.9 Å². The molecule has 2 rings (SSSR count). The fourth-order valence-corrected chi connectivity index (χ4v) is 3.37. The Morgan fingerprint density at radius 3 is 2.40 bits per heavy atom. The van der Waals surface area contributed by atoms with Gasteiger partial charge >= 0.3 is 0 Å². The van der Waals surface area contributed by atoms with Gasteiger partial charge in [-0.3, -0.25) is 4.79 Å². The average Bonchev–Trinajstić information content (AvgIpc) is 2.57. The minimum Gasteiger partial charge on any atom is -0.492 e. The van der Waals surface area contributed by atoms with Gasteiger partial charge in [0.15, 0.2) is 0 Å². The lowest BCUT2D eigenvalue weighted by Gasteiger charge is -2.16. The Labute approximate surface area is 148 Å². The van der Waals surface area contributed by atoms with Crippen LogP contribution in [0.15, 0.2) is 53.4 Å². The standard InChI is InChI=1S/C18H22N2O4S/c1-4-24-17-8-6-5-7-16(17)19-18(21)14(3)20-25(22,23)15-11-9-13(2)10-12-15/h5-12,14,20H,4H2,1-3H3,(H,19,21)/t14-/m0/s1. The number of anilines is 1. The third kappa shape index (κ3) is 5.04. The van der Waals surface area contributed by atoms with Crippen LogP contribution in [0.2, 0.25) is 0 Å². The minimum absolute atomic E-state index is 0.118. The fourth-order valence-electron chi connectivity index (χ4n) is 2.16. The number of hydrogen-bond acceptors (Lipinski definition) is 4. The highest BCUT2D eigenvalue weighted by molar-refractivity contribution is 7.89. The summed E-state index contributed by atoms with van der Waals surface area (Å²) in [5, 5.41) is 2.69. The maximum Gasteiger partial charge on any atom is 0.242 e.